The number of carbonyl (C=O) groups excluding carboxylic acids is 4. The molecule has 4 amide bonds. The number of morpholine rings is 1. The largest absolute Gasteiger partial charge is 0.491 e. The number of fused-ring (bicyclic) bond motifs is 1. The van der Waals surface area contributed by atoms with Crippen molar-refractivity contribution in [2.75, 3.05) is 39.4 Å². The third kappa shape index (κ3) is 10.6. The Balaban J connectivity index is 0.876. The second-order valence-electron chi connectivity index (χ2n) is 20.6. The van der Waals surface area contributed by atoms with Gasteiger partial charge in [-0.25, -0.2) is 13.2 Å². The summed E-state index contributed by atoms with van der Waals surface area (Å²) >= 11 is 0. The van der Waals surface area contributed by atoms with E-state index in [1.54, 1.807) is 6.92 Å². The van der Waals surface area contributed by atoms with Crippen LogP contribution in [-0.2, 0) is 40.3 Å². The molecule has 3 aliphatic carbocycles. The predicted molar refractivity (Wildman–Crippen MR) is 242 cm³/mol. The summed E-state index contributed by atoms with van der Waals surface area (Å²) in [4.78, 5) is 74.8. The minimum Gasteiger partial charge on any atom is -0.491 e. The SMILES string of the molecule is C=C[C@@H]1C[C@]1(NC(=O)[C@@H]1CCCN1C(=O)[C@@H](NC(=O)OC1C[C@H]1CCCCCc1c(OCCN2CCOC(C)(C)C2)c2ccccc2[nH]c1=O)C(C)(C)C)C(=O)NS(=O)(=O)C1(C)CC1. The van der Waals surface area contributed by atoms with Crippen molar-refractivity contribution >= 4 is 44.7 Å². The van der Waals surface area contributed by atoms with Gasteiger partial charge in [0, 0.05) is 37.5 Å². The van der Waals surface area contributed by atoms with Gasteiger partial charge in [0.25, 0.3) is 11.5 Å². The molecule has 2 aliphatic heterocycles. The van der Waals surface area contributed by atoms with E-state index in [4.69, 9.17) is 14.2 Å². The monoisotopic (exact) mass is 908 g/mol. The van der Waals surface area contributed by atoms with Crippen molar-refractivity contribution in [1.82, 2.24) is 30.1 Å². The van der Waals surface area contributed by atoms with E-state index in [9.17, 15) is 32.4 Å². The summed E-state index contributed by atoms with van der Waals surface area (Å²) in [6.45, 7) is 18.8. The van der Waals surface area contributed by atoms with E-state index < -0.39 is 67.5 Å². The van der Waals surface area contributed by atoms with E-state index in [2.05, 4.69) is 45.7 Å². The molecule has 64 heavy (non-hydrogen) atoms. The number of benzene rings is 1. The number of likely N-dealkylation sites (tertiary alicyclic amines) is 1. The lowest BCUT2D eigenvalue weighted by Crippen LogP contribution is -2.60. The first-order chi connectivity index (χ1) is 30.2. The molecule has 17 heteroatoms. The number of sulfonamides is 1. The van der Waals surface area contributed by atoms with Crippen molar-refractivity contribution in [3.8, 4) is 5.75 Å². The van der Waals surface area contributed by atoms with Crippen LogP contribution in [0.5, 0.6) is 5.75 Å². The molecule has 0 spiro atoms. The van der Waals surface area contributed by atoms with Gasteiger partial charge in [0.2, 0.25) is 21.8 Å². The Bertz CT molecular complexity index is 2290. The molecule has 4 N–H and O–H groups in total. The second kappa shape index (κ2) is 18.4. The molecule has 7 rings (SSSR count). The number of amides is 4. The maximum Gasteiger partial charge on any atom is 0.408 e. The molecule has 1 aromatic heterocycles. The maximum atomic E-state index is 14.2. The van der Waals surface area contributed by atoms with Crippen LogP contribution in [0.1, 0.15) is 111 Å². The number of alkyl carbamates (subject to hydrolysis) is 1. The Morgan fingerprint density at radius 2 is 1.83 bits per heavy atom. The normalized spacial score (nSPS) is 26.4. The van der Waals surface area contributed by atoms with E-state index in [0.29, 0.717) is 56.6 Å². The number of nitrogens with one attached hydrogen (secondary N) is 4. The molecule has 5 aliphatic rings. The van der Waals surface area contributed by atoms with Crippen LogP contribution >= 0.6 is 0 Å². The third-order valence-corrected chi connectivity index (χ3v) is 16.0. The fourth-order valence-corrected chi connectivity index (χ4v) is 10.6. The van der Waals surface area contributed by atoms with Crippen LogP contribution in [-0.4, -0.2) is 120 Å². The Hall–Kier alpha value is -4.48. The molecule has 2 saturated heterocycles. The Morgan fingerprint density at radius 3 is 2.52 bits per heavy atom. The summed E-state index contributed by atoms with van der Waals surface area (Å²) in [5.74, 6) is -1.42. The lowest BCUT2D eigenvalue weighted by molar-refractivity contribution is -0.142. The molecule has 1 unspecified atom stereocenters. The average Bonchev–Trinajstić information content (AvgIpc) is 4.19. The number of unbranched alkanes of at least 4 members (excludes halogenated alkanes) is 2. The number of carbonyl (C=O) groups is 4. The van der Waals surface area contributed by atoms with Crippen molar-refractivity contribution in [2.45, 2.75) is 146 Å². The number of para-hydroxylation sites is 1. The fourth-order valence-electron chi connectivity index (χ4n) is 9.31. The average molecular weight is 909 g/mol. The zero-order valence-corrected chi connectivity index (χ0v) is 39.2. The lowest BCUT2D eigenvalue weighted by Gasteiger charge is -2.38. The topological polar surface area (TPSA) is 206 Å². The summed E-state index contributed by atoms with van der Waals surface area (Å²) in [6, 6.07) is 5.79. The first-order valence-corrected chi connectivity index (χ1v) is 24.6. The molecule has 2 aromatic rings. The molecule has 6 atom stereocenters. The predicted octanol–water partition coefficient (Wildman–Crippen LogP) is 4.70. The van der Waals surface area contributed by atoms with E-state index in [1.165, 1.54) is 11.0 Å². The van der Waals surface area contributed by atoms with E-state index in [1.807, 2.05) is 45.0 Å². The summed E-state index contributed by atoms with van der Waals surface area (Å²) in [7, 11) is -3.94. The standard InChI is InChI=1S/C47H68N6O10S/c1-8-31-28-47(31,42(57)51-64(59,60)46(7)20-21-46)50-40(55)35-19-14-22-53(35)41(56)38(44(2,3)4)49-43(58)63-36-27-30(36)15-10-9-11-17-33-37(32-16-12-13-18-34(32)48-39(33)54)61-25-23-52-24-26-62-45(5,6)29-52/h8,12-13,16,18,30-31,35-36,38H,1,9-11,14-15,17,19-29H2,2-7H3,(H,48,54)(H,49,58)(H,50,55)(H,51,57)/t30-,31-,35+,36?,38-,47-/m1/s1. The maximum absolute atomic E-state index is 14.2. The van der Waals surface area contributed by atoms with Gasteiger partial charge >= 0.3 is 6.09 Å². The van der Waals surface area contributed by atoms with E-state index in [0.717, 1.165) is 62.6 Å². The quantitative estimate of drug-likeness (QED) is 0.112. The van der Waals surface area contributed by atoms with Crippen LogP contribution < -0.4 is 25.7 Å². The Morgan fingerprint density at radius 1 is 1.08 bits per heavy atom. The van der Waals surface area contributed by atoms with Crippen LogP contribution in [0, 0.1) is 17.3 Å². The van der Waals surface area contributed by atoms with Crippen molar-refractivity contribution in [3.63, 3.8) is 0 Å². The smallest absolute Gasteiger partial charge is 0.408 e. The van der Waals surface area contributed by atoms with Gasteiger partial charge in [-0.3, -0.25) is 28.8 Å². The zero-order chi connectivity index (χ0) is 46.2. The Kier molecular flexibility index (Phi) is 13.7. The third-order valence-electron chi connectivity index (χ3n) is 13.8. The van der Waals surface area contributed by atoms with Crippen LogP contribution in [0.3, 0.4) is 0 Å². The highest BCUT2D eigenvalue weighted by Crippen LogP contribution is 2.47. The summed E-state index contributed by atoms with van der Waals surface area (Å²) in [5, 5.41) is 6.48. The number of ether oxygens (including phenoxy) is 3. The molecule has 3 heterocycles. The van der Waals surface area contributed by atoms with Crippen molar-refractivity contribution in [2.24, 2.45) is 17.3 Å². The minimum atomic E-state index is -3.94. The van der Waals surface area contributed by atoms with E-state index >= 15 is 0 Å². The van der Waals surface area contributed by atoms with Gasteiger partial charge < -0.3 is 34.7 Å². The van der Waals surface area contributed by atoms with Crippen molar-refractivity contribution < 1.29 is 41.8 Å². The van der Waals surface area contributed by atoms with Gasteiger partial charge in [0.1, 0.15) is 36.1 Å². The summed E-state index contributed by atoms with van der Waals surface area (Å²) in [5.41, 5.74) is -1.15. The van der Waals surface area contributed by atoms with Crippen molar-refractivity contribution in [3.05, 3.63) is 52.8 Å². The number of H-pyrrole nitrogens is 1. The number of aromatic amines is 1. The lowest BCUT2D eigenvalue weighted by atomic mass is 9.85. The molecule has 5 fully saturated rings. The number of hydrogen-bond acceptors (Lipinski definition) is 11. The highest BCUT2D eigenvalue weighted by atomic mass is 32.2. The van der Waals surface area contributed by atoms with Crippen molar-refractivity contribution in [1.29, 1.82) is 0 Å². The minimum absolute atomic E-state index is 0.135. The van der Waals surface area contributed by atoms with Gasteiger partial charge in [-0.05, 0) is 102 Å². The van der Waals surface area contributed by atoms with E-state index in [-0.39, 0.29) is 36.1 Å². The molecular formula is C47H68N6O10S. The molecule has 1 aromatic carbocycles. The summed E-state index contributed by atoms with van der Waals surface area (Å²) < 4.78 is 45.0. The van der Waals surface area contributed by atoms with Gasteiger partial charge in [-0.1, -0.05) is 51.8 Å². The molecule has 0 bridgehead atoms. The number of aromatic nitrogens is 1. The van der Waals surface area contributed by atoms with Gasteiger partial charge in [-0.2, -0.15) is 0 Å². The molecule has 0 radical (unpaired) electrons. The number of nitrogens with zero attached hydrogens (tertiary/aromatic N) is 2. The van der Waals surface area contributed by atoms with Gasteiger partial charge in [-0.15, -0.1) is 6.58 Å². The second-order valence-corrected chi connectivity index (χ2v) is 22.8. The number of hydrogen-bond donors (Lipinski definition) is 4. The number of pyridine rings is 1. The molecule has 16 nitrogen and oxygen atoms in total. The fraction of sp³-hybridized carbons (Fsp3) is 0.681. The van der Waals surface area contributed by atoms with Gasteiger partial charge in [0.05, 0.1) is 28.0 Å². The highest BCUT2D eigenvalue weighted by molar-refractivity contribution is 7.91. The zero-order valence-electron chi connectivity index (χ0n) is 38.4. The molecule has 3 saturated carbocycles. The number of rotatable bonds is 19. The van der Waals surface area contributed by atoms with Crippen LogP contribution in [0.2, 0.25) is 0 Å². The van der Waals surface area contributed by atoms with Crippen LogP contribution in [0.15, 0.2) is 41.7 Å². The summed E-state index contributed by atoms with van der Waals surface area (Å²) in [6.07, 6.45) is 7.25. The van der Waals surface area contributed by atoms with Crippen LogP contribution in [0.4, 0.5) is 4.79 Å². The first-order valence-electron chi connectivity index (χ1n) is 23.1. The molecule has 352 valence electrons. The van der Waals surface area contributed by atoms with Gasteiger partial charge in [0.15, 0.2) is 0 Å². The molecular weight excluding hydrogens is 841 g/mol. The highest BCUT2D eigenvalue weighted by Gasteiger charge is 2.63. The van der Waals surface area contributed by atoms with Crippen LogP contribution in [0.25, 0.3) is 10.9 Å². The Labute approximate surface area is 377 Å². The first kappa shape index (κ1) is 47.5.